The van der Waals surface area contributed by atoms with Gasteiger partial charge < -0.3 is 14.2 Å². The molecule has 384 valence electrons. The Labute approximate surface area is 414 Å². The maximum atomic E-state index is 12.8. The number of carbonyl (C=O) groups is 3. The minimum atomic E-state index is -0.800. The molecule has 0 aromatic carbocycles. The van der Waals surface area contributed by atoms with Crippen molar-refractivity contribution in [2.24, 2.45) is 0 Å². The molecule has 1 unspecified atom stereocenters. The lowest BCUT2D eigenvalue weighted by Crippen LogP contribution is -2.30. The van der Waals surface area contributed by atoms with Gasteiger partial charge in [0.1, 0.15) is 13.2 Å². The van der Waals surface area contributed by atoms with Gasteiger partial charge in [-0.2, -0.15) is 0 Å². The van der Waals surface area contributed by atoms with E-state index < -0.39 is 6.10 Å². The van der Waals surface area contributed by atoms with Crippen LogP contribution in [-0.2, 0) is 28.6 Å². The van der Waals surface area contributed by atoms with Gasteiger partial charge in [-0.25, -0.2) is 0 Å². The Hall–Kier alpha value is -3.41. The van der Waals surface area contributed by atoms with Crippen LogP contribution in [0.3, 0.4) is 0 Å². The summed E-state index contributed by atoms with van der Waals surface area (Å²) in [7, 11) is 0. The Morgan fingerprint density at radius 3 is 0.970 bits per heavy atom. The van der Waals surface area contributed by atoms with Crippen molar-refractivity contribution < 1.29 is 28.6 Å². The molecule has 0 bridgehead atoms. The monoisotopic (exact) mass is 933 g/mol. The van der Waals surface area contributed by atoms with Crippen LogP contribution in [-0.4, -0.2) is 37.2 Å². The first-order valence-electron chi connectivity index (χ1n) is 28.2. The highest BCUT2D eigenvalue weighted by Crippen LogP contribution is 2.15. The second-order valence-electron chi connectivity index (χ2n) is 18.6. The van der Waals surface area contributed by atoms with Crippen LogP contribution >= 0.6 is 0 Å². The van der Waals surface area contributed by atoms with E-state index in [1.54, 1.807) is 0 Å². The molecule has 0 fully saturated rings. The zero-order valence-corrected chi connectivity index (χ0v) is 43.9. The molecule has 0 aliphatic carbocycles. The highest BCUT2D eigenvalue weighted by molar-refractivity contribution is 5.71. The number of unbranched alkanes of at least 4 members (excludes halogenated alkanes) is 30. The van der Waals surface area contributed by atoms with E-state index in [0.717, 1.165) is 64.2 Å². The summed E-state index contributed by atoms with van der Waals surface area (Å²) in [6.07, 6.45) is 71.4. The molecule has 0 N–H and O–H groups in total. The molecule has 0 aromatic rings. The van der Waals surface area contributed by atoms with Gasteiger partial charge in [-0.1, -0.05) is 266 Å². The van der Waals surface area contributed by atoms with Crippen LogP contribution in [0.15, 0.2) is 85.1 Å². The van der Waals surface area contributed by atoms with Crippen molar-refractivity contribution in [2.45, 2.75) is 271 Å². The zero-order valence-electron chi connectivity index (χ0n) is 43.9. The number of ether oxygens (including phenoxy) is 3. The molecule has 6 nitrogen and oxygen atoms in total. The highest BCUT2D eigenvalue weighted by atomic mass is 16.6. The molecular weight excluding hydrogens is 829 g/mol. The molecule has 0 rings (SSSR count). The highest BCUT2D eigenvalue weighted by Gasteiger charge is 2.19. The van der Waals surface area contributed by atoms with E-state index in [2.05, 4.69) is 45.1 Å². The van der Waals surface area contributed by atoms with Crippen molar-refractivity contribution in [3.63, 3.8) is 0 Å². The average molecular weight is 933 g/mol. The molecule has 67 heavy (non-hydrogen) atoms. The smallest absolute Gasteiger partial charge is 0.306 e. The lowest BCUT2D eigenvalue weighted by molar-refractivity contribution is -0.167. The summed E-state index contributed by atoms with van der Waals surface area (Å²) in [6.45, 7) is 6.47. The van der Waals surface area contributed by atoms with Crippen molar-refractivity contribution >= 4 is 17.9 Å². The van der Waals surface area contributed by atoms with Crippen molar-refractivity contribution in [2.75, 3.05) is 13.2 Å². The molecule has 0 heterocycles. The molecule has 0 aromatic heterocycles. The van der Waals surface area contributed by atoms with Gasteiger partial charge >= 0.3 is 17.9 Å². The second-order valence-corrected chi connectivity index (χ2v) is 18.6. The maximum Gasteiger partial charge on any atom is 0.306 e. The van der Waals surface area contributed by atoms with E-state index in [0.29, 0.717) is 19.3 Å². The minimum Gasteiger partial charge on any atom is -0.462 e. The Balaban J connectivity index is 4.45. The number of carbonyl (C=O) groups excluding carboxylic acids is 3. The van der Waals surface area contributed by atoms with Crippen molar-refractivity contribution in [3.05, 3.63) is 85.1 Å². The molecule has 0 spiro atoms. The van der Waals surface area contributed by atoms with Gasteiger partial charge in [0.05, 0.1) is 0 Å². The van der Waals surface area contributed by atoms with Gasteiger partial charge in [0.25, 0.3) is 0 Å². The molecule has 0 saturated heterocycles. The summed E-state index contributed by atoms with van der Waals surface area (Å²) >= 11 is 0. The van der Waals surface area contributed by atoms with E-state index in [4.69, 9.17) is 14.2 Å². The van der Waals surface area contributed by atoms with Gasteiger partial charge in [-0.15, -0.1) is 0 Å². The van der Waals surface area contributed by atoms with E-state index >= 15 is 0 Å². The molecule has 0 radical (unpaired) electrons. The summed E-state index contributed by atoms with van der Waals surface area (Å²) in [5.74, 6) is -0.937. The fourth-order valence-electron chi connectivity index (χ4n) is 7.82. The number of hydrogen-bond acceptors (Lipinski definition) is 6. The van der Waals surface area contributed by atoms with Crippen molar-refractivity contribution in [3.8, 4) is 0 Å². The van der Waals surface area contributed by atoms with Gasteiger partial charge in [0, 0.05) is 19.3 Å². The molecule has 0 aliphatic rings. The first-order valence-corrected chi connectivity index (χ1v) is 28.2. The number of allylic oxidation sites excluding steroid dienone is 14. The van der Waals surface area contributed by atoms with E-state index in [9.17, 15) is 14.4 Å². The number of rotatable bonds is 50. The zero-order chi connectivity index (χ0) is 48.6. The minimum absolute atomic E-state index is 0.0944. The first-order chi connectivity index (χ1) is 33.0. The Bertz CT molecular complexity index is 1300. The van der Waals surface area contributed by atoms with Gasteiger partial charge in [0.15, 0.2) is 6.10 Å². The van der Waals surface area contributed by atoms with Crippen LogP contribution in [0.1, 0.15) is 265 Å². The number of esters is 3. The fourth-order valence-corrected chi connectivity index (χ4v) is 7.82. The van der Waals surface area contributed by atoms with Crippen molar-refractivity contribution in [1.29, 1.82) is 0 Å². The summed E-state index contributed by atoms with van der Waals surface area (Å²) in [5, 5.41) is 0. The standard InChI is InChI=1S/C61H104O6/c1-4-7-10-13-16-19-22-25-27-29-30-32-33-36-39-42-45-48-51-54-60(63)66-57-58(56-65-59(62)53-50-47-44-41-38-35-24-21-18-15-12-9-6-3)67-61(64)55-52-49-46-43-40-37-34-31-28-26-23-20-17-14-11-8-5-2/h8,11,14,17,20,23,26,28-31,34,37,40,58H,4-7,9-10,12-13,15-16,18-19,21-22,24-25,27,32-33,35-36,38-39,41-57H2,1-3H3/b11-8-,17-14-,23-20-,28-26-,30-29-,34-31+,40-37-. The third-order valence-corrected chi connectivity index (χ3v) is 12.0. The second kappa shape index (κ2) is 55.2. The molecule has 1 atom stereocenters. The predicted octanol–water partition coefficient (Wildman–Crippen LogP) is 18.8. The normalized spacial score (nSPS) is 12.7. The van der Waals surface area contributed by atoms with Crippen LogP contribution in [0.25, 0.3) is 0 Å². The molecule has 0 saturated carbocycles. The summed E-state index contributed by atoms with van der Waals surface area (Å²) in [4.78, 5) is 38.1. The summed E-state index contributed by atoms with van der Waals surface area (Å²) in [6, 6.07) is 0. The first kappa shape index (κ1) is 63.6. The summed E-state index contributed by atoms with van der Waals surface area (Å²) < 4.78 is 16.8. The van der Waals surface area contributed by atoms with E-state index in [1.165, 1.54) is 154 Å². The van der Waals surface area contributed by atoms with Crippen molar-refractivity contribution in [1.82, 2.24) is 0 Å². The van der Waals surface area contributed by atoms with Gasteiger partial charge in [-0.05, 0) is 64.2 Å². The Kier molecular flexibility index (Phi) is 52.4. The Morgan fingerprint density at radius 1 is 0.313 bits per heavy atom. The fraction of sp³-hybridized carbons (Fsp3) is 0.721. The van der Waals surface area contributed by atoms with Crippen LogP contribution in [0.2, 0.25) is 0 Å². The predicted molar refractivity (Wildman–Crippen MR) is 288 cm³/mol. The number of hydrogen-bond donors (Lipinski definition) is 0. The van der Waals surface area contributed by atoms with Gasteiger partial charge in [0.2, 0.25) is 0 Å². The largest absolute Gasteiger partial charge is 0.462 e. The lowest BCUT2D eigenvalue weighted by Gasteiger charge is -2.18. The topological polar surface area (TPSA) is 78.9 Å². The molecular formula is C61H104O6. The lowest BCUT2D eigenvalue weighted by atomic mass is 10.0. The molecule has 6 heteroatoms. The third kappa shape index (κ3) is 53.4. The Morgan fingerprint density at radius 2 is 0.597 bits per heavy atom. The van der Waals surface area contributed by atoms with Crippen LogP contribution in [0, 0.1) is 0 Å². The summed E-state index contributed by atoms with van der Waals surface area (Å²) in [5.41, 5.74) is 0. The van der Waals surface area contributed by atoms with Crippen LogP contribution < -0.4 is 0 Å². The average Bonchev–Trinajstić information content (AvgIpc) is 3.33. The molecule has 0 amide bonds. The third-order valence-electron chi connectivity index (χ3n) is 12.0. The van der Waals surface area contributed by atoms with Crippen LogP contribution in [0.4, 0.5) is 0 Å². The SMILES string of the molecule is CC\C=C/C=C\C=C/C=C\C=C\C=C/CCCCCC(=O)OC(COC(=O)CCCCCCCCC/C=C\CCCCCCCCCC)COC(=O)CCCCCCCCCCCCCCC. The maximum absolute atomic E-state index is 12.8. The molecule has 0 aliphatic heterocycles. The van der Waals surface area contributed by atoms with E-state index in [-0.39, 0.29) is 37.5 Å². The van der Waals surface area contributed by atoms with Gasteiger partial charge in [-0.3, -0.25) is 14.4 Å². The van der Waals surface area contributed by atoms with Crippen LogP contribution in [0.5, 0.6) is 0 Å². The quantitative estimate of drug-likeness (QED) is 0.0199. The van der Waals surface area contributed by atoms with E-state index in [1.807, 2.05) is 60.8 Å².